The Kier molecular flexibility index (Phi) is 5.02. The standard InChI is InChI=1S/C18H21N3O4/c1-20(11-13-5-7-14(8-6-13)25-12-17(22)23)18(24)15-10-19-16-4-2-3-9-21(15)16/h5-8,10H,2-4,9,11-12H2,1H3,(H,22,23). The summed E-state index contributed by atoms with van der Waals surface area (Å²) in [5.74, 6) is 0.415. The quantitative estimate of drug-likeness (QED) is 0.867. The number of amides is 1. The lowest BCUT2D eigenvalue weighted by Crippen LogP contribution is -2.29. The third kappa shape index (κ3) is 3.99. The number of benzene rings is 1. The second kappa shape index (κ2) is 7.38. The van der Waals surface area contributed by atoms with Crippen molar-refractivity contribution in [3.8, 4) is 5.75 Å². The van der Waals surface area contributed by atoms with Crippen LogP contribution in [-0.4, -0.2) is 45.1 Å². The van der Waals surface area contributed by atoms with Crippen LogP contribution in [0.1, 0.15) is 34.7 Å². The van der Waals surface area contributed by atoms with E-state index in [2.05, 4.69) is 4.98 Å². The van der Waals surface area contributed by atoms with E-state index in [9.17, 15) is 9.59 Å². The van der Waals surface area contributed by atoms with Gasteiger partial charge in [-0.3, -0.25) is 4.79 Å². The summed E-state index contributed by atoms with van der Waals surface area (Å²) in [6.07, 6.45) is 4.79. The van der Waals surface area contributed by atoms with Crippen molar-refractivity contribution in [1.29, 1.82) is 0 Å². The van der Waals surface area contributed by atoms with Crippen molar-refractivity contribution in [2.45, 2.75) is 32.4 Å². The van der Waals surface area contributed by atoms with E-state index in [1.165, 1.54) is 0 Å². The first-order valence-electron chi connectivity index (χ1n) is 8.28. The molecular weight excluding hydrogens is 322 g/mol. The molecule has 7 nitrogen and oxygen atoms in total. The molecule has 0 saturated carbocycles. The van der Waals surface area contributed by atoms with Gasteiger partial charge in [0.05, 0.1) is 6.20 Å². The number of hydrogen-bond donors (Lipinski definition) is 1. The average Bonchev–Trinajstić information content (AvgIpc) is 3.04. The Bertz CT molecular complexity index is 767. The van der Waals surface area contributed by atoms with Crippen molar-refractivity contribution < 1.29 is 19.4 Å². The van der Waals surface area contributed by atoms with Crippen LogP contribution >= 0.6 is 0 Å². The van der Waals surface area contributed by atoms with Crippen LogP contribution in [-0.2, 0) is 24.3 Å². The first kappa shape index (κ1) is 17.0. The van der Waals surface area contributed by atoms with Gasteiger partial charge in [-0.1, -0.05) is 12.1 Å². The van der Waals surface area contributed by atoms with Crippen molar-refractivity contribution in [1.82, 2.24) is 14.5 Å². The van der Waals surface area contributed by atoms with Crippen LogP contribution in [0.2, 0.25) is 0 Å². The van der Waals surface area contributed by atoms with Gasteiger partial charge in [-0.25, -0.2) is 9.78 Å². The number of nitrogens with zero attached hydrogens (tertiary/aromatic N) is 3. The number of carbonyl (C=O) groups is 2. The van der Waals surface area contributed by atoms with Crippen molar-refractivity contribution in [3.05, 3.63) is 47.5 Å². The SMILES string of the molecule is CN(Cc1ccc(OCC(=O)O)cc1)C(=O)c1cnc2n1CCCC2. The number of carboxylic acids is 1. The highest BCUT2D eigenvalue weighted by Gasteiger charge is 2.21. The third-order valence-corrected chi connectivity index (χ3v) is 4.24. The molecule has 0 fully saturated rings. The molecule has 0 radical (unpaired) electrons. The number of carbonyl (C=O) groups excluding carboxylic acids is 1. The predicted octanol–water partition coefficient (Wildman–Crippen LogP) is 1.96. The summed E-state index contributed by atoms with van der Waals surface area (Å²) in [6.45, 7) is 0.933. The zero-order valence-electron chi connectivity index (χ0n) is 14.1. The van der Waals surface area contributed by atoms with Gasteiger partial charge < -0.3 is 19.3 Å². The van der Waals surface area contributed by atoms with Crippen molar-refractivity contribution in [3.63, 3.8) is 0 Å². The topological polar surface area (TPSA) is 84.7 Å². The fourth-order valence-corrected chi connectivity index (χ4v) is 2.96. The van der Waals surface area contributed by atoms with E-state index in [0.29, 0.717) is 18.0 Å². The summed E-state index contributed by atoms with van der Waals surface area (Å²) in [4.78, 5) is 29.2. The molecule has 25 heavy (non-hydrogen) atoms. The second-order valence-corrected chi connectivity index (χ2v) is 6.16. The molecule has 0 bridgehead atoms. The zero-order valence-corrected chi connectivity index (χ0v) is 14.1. The van der Waals surface area contributed by atoms with Crippen LogP contribution in [0, 0.1) is 0 Å². The molecular formula is C18H21N3O4. The number of hydrogen-bond acceptors (Lipinski definition) is 4. The van der Waals surface area contributed by atoms with E-state index in [1.807, 2.05) is 16.7 Å². The molecule has 1 N–H and O–H groups in total. The van der Waals surface area contributed by atoms with Gasteiger partial charge in [0.2, 0.25) is 0 Å². The Labute approximate surface area is 145 Å². The lowest BCUT2D eigenvalue weighted by molar-refractivity contribution is -0.139. The fraction of sp³-hybridized carbons (Fsp3) is 0.389. The molecule has 0 atom stereocenters. The van der Waals surface area contributed by atoms with E-state index in [0.717, 1.165) is 37.2 Å². The zero-order chi connectivity index (χ0) is 17.8. The second-order valence-electron chi connectivity index (χ2n) is 6.16. The molecule has 3 rings (SSSR count). The van der Waals surface area contributed by atoms with Gasteiger partial charge in [0.1, 0.15) is 17.3 Å². The van der Waals surface area contributed by atoms with Crippen molar-refractivity contribution in [2.24, 2.45) is 0 Å². The van der Waals surface area contributed by atoms with Crippen LogP contribution in [0.4, 0.5) is 0 Å². The van der Waals surface area contributed by atoms with Gasteiger partial charge in [-0.05, 0) is 30.5 Å². The number of carboxylic acid groups (broad SMARTS) is 1. The molecule has 1 aromatic heterocycles. The largest absolute Gasteiger partial charge is 0.482 e. The highest BCUT2D eigenvalue weighted by molar-refractivity contribution is 5.92. The highest BCUT2D eigenvalue weighted by atomic mass is 16.5. The number of fused-ring (bicyclic) bond motifs is 1. The van der Waals surface area contributed by atoms with E-state index in [4.69, 9.17) is 9.84 Å². The molecule has 0 saturated heterocycles. The Balaban J connectivity index is 1.63. The molecule has 1 amide bonds. The van der Waals surface area contributed by atoms with Crippen LogP contribution in [0.15, 0.2) is 30.5 Å². The number of aromatic nitrogens is 2. The van der Waals surface area contributed by atoms with E-state index >= 15 is 0 Å². The number of ether oxygens (including phenoxy) is 1. The molecule has 2 aromatic rings. The van der Waals surface area contributed by atoms with Gasteiger partial charge in [0, 0.05) is 26.6 Å². The highest BCUT2D eigenvalue weighted by Crippen LogP contribution is 2.18. The van der Waals surface area contributed by atoms with Gasteiger partial charge in [-0.2, -0.15) is 0 Å². The smallest absolute Gasteiger partial charge is 0.341 e. The van der Waals surface area contributed by atoms with Crippen LogP contribution in [0.5, 0.6) is 5.75 Å². The summed E-state index contributed by atoms with van der Waals surface area (Å²) >= 11 is 0. The monoisotopic (exact) mass is 343 g/mol. The maximum absolute atomic E-state index is 12.7. The molecule has 1 aliphatic rings. The molecule has 1 aliphatic heterocycles. The van der Waals surface area contributed by atoms with Crippen LogP contribution in [0.3, 0.4) is 0 Å². The molecule has 1 aromatic carbocycles. The van der Waals surface area contributed by atoms with Crippen molar-refractivity contribution in [2.75, 3.05) is 13.7 Å². The Morgan fingerprint density at radius 1 is 1.28 bits per heavy atom. The molecule has 2 heterocycles. The summed E-state index contributed by atoms with van der Waals surface area (Å²) in [6, 6.07) is 7.06. The lowest BCUT2D eigenvalue weighted by Gasteiger charge is -2.20. The molecule has 0 unspecified atom stereocenters. The molecule has 132 valence electrons. The molecule has 0 spiro atoms. The minimum atomic E-state index is -1.02. The normalized spacial score (nSPS) is 13.2. The number of aliphatic carboxylic acids is 1. The van der Waals surface area contributed by atoms with E-state index < -0.39 is 5.97 Å². The Morgan fingerprint density at radius 3 is 2.76 bits per heavy atom. The Hall–Kier alpha value is -2.83. The number of aryl methyl sites for hydroxylation is 1. The van der Waals surface area contributed by atoms with Gasteiger partial charge in [-0.15, -0.1) is 0 Å². The third-order valence-electron chi connectivity index (χ3n) is 4.24. The predicted molar refractivity (Wildman–Crippen MR) is 90.5 cm³/mol. The van der Waals surface area contributed by atoms with E-state index in [-0.39, 0.29) is 12.5 Å². The average molecular weight is 343 g/mol. The lowest BCUT2D eigenvalue weighted by atomic mass is 10.1. The minimum Gasteiger partial charge on any atom is -0.482 e. The molecule has 7 heteroatoms. The first-order valence-corrected chi connectivity index (χ1v) is 8.28. The summed E-state index contributed by atoms with van der Waals surface area (Å²) in [5.41, 5.74) is 1.58. The van der Waals surface area contributed by atoms with E-state index in [1.54, 1.807) is 30.3 Å². The number of rotatable bonds is 6. The fourth-order valence-electron chi connectivity index (χ4n) is 2.96. The van der Waals surface area contributed by atoms with Gasteiger partial charge >= 0.3 is 5.97 Å². The maximum Gasteiger partial charge on any atom is 0.341 e. The van der Waals surface area contributed by atoms with Crippen molar-refractivity contribution >= 4 is 11.9 Å². The Morgan fingerprint density at radius 2 is 2.04 bits per heavy atom. The minimum absolute atomic E-state index is 0.0492. The first-order chi connectivity index (χ1) is 12.0. The van der Waals surface area contributed by atoms with Crippen LogP contribution in [0.25, 0.3) is 0 Å². The number of imidazole rings is 1. The summed E-state index contributed by atoms with van der Waals surface area (Å²) in [5, 5.41) is 8.61. The molecule has 0 aliphatic carbocycles. The van der Waals surface area contributed by atoms with Crippen LogP contribution < -0.4 is 4.74 Å². The van der Waals surface area contributed by atoms with Gasteiger partial charge in [0.25, 0.3) is 5.91 Å². The summed E-state index contributed by atoms with van der Waals surface area (Å²) < 4.78 is 7.12. The summed E-state index contributed by atoms with van der Waals surface area (Å²) in [7, 11) is 1.76. The maximum atomic E-state index is 12.7. The van der Waals surface area contributed by atoms with Gasteiger partial charge in [0.15, 0.2) is 6.61 Å².